The van der Waals surface area contributed by atoms with Crippen LogP contribution in [0, 0.1) is 23.1 Å². The number of aromatic amines is 1. The van der Waals surface area contributed by atoms with Gasteiger partial charge >= 0.3 is 6.03 Å². The first kappa shape index (κ1) is 29.2. The van der Waals surface area contributed by atoms with Crippen molar-refractivity contribution in [3.8, 4) is 0 Å². The van der Waals surface area contributed by atoms with Crippen LogP contribution in [-0.4, -0.2) is 57.5 Å². The molecule has 2 saturated carbocycles. The number of benzene rings is 2. The molecule has 8 rings (SSSR count). The zero-order valence-corrected chi connectivity index (χ0v) is 25.7. The molecule has 3 amide bonds. The molecular formula is C34H37F2N7O3. The molecule has 2 aliphatic heterocycles. The van der Waals surface area contributed by atoms with Crippen molar-refractivity contribution >= 4 is 39.6 Å². The summed E-state index contributed by atoms with van der Waals surface area (Å²) in [6.07, 6.45) is 5.13. The Balaban J connectivity index is 1.07. The van der Waals surface area contributed by atoms with Gasteiger partial charge in [-0.3, -0.25) is 24.5 Å². The van der Waals surface area contributed by atoms with E-state index in [2.05, 4.69) is 25.7 Å². The highest BCUT2D eigenvalue weighted by Crippen LogP contribution is 2.65. The summed E-state index contributed by atoms with van der Waals surface area (Å²) in [7, 11) is 1.74. The van der Waals surface area contributed by atoms with Crippen LogP contribution in [0.15, 0.2) is 41.5 Å². The number of alkyl halides is 1. The molecule has 4 aromatic rings. The number of H-pyrrole nitrogens is 1. The van der Waals surface area contributed by atoms with Crippen LogP contribution in [-0.2, 0) is 11.8 Å². The molecule has 4 fully saturated rings. The maximum atomic E-state index is 16.5. The SMILES string of the molecule is Cn1nc(N2CCC(=O)NC2=O)c2cc(F)c(C3CCC(C4C(c5ccc6c(=O)[nH]cnc6c5)CC45CCNCC5)C(F)C3)cc21. The third-order valence-electron chi connectivity index (χ3n) is 11.4. The van der Waals surface area contributed by atoms with Crippen LogP contribution in [0.5, 0.6) is 0 Å². The molecule has 2 aromatic carbocycles. The number of halogens is 2. The summed E-state index contributed by atoms with van der Waals surface area (Å²) in [4.78, 5) is 44.8. The number of urea groups is 1. The number of aromatic nitrogens is 4. The standard InChI is InChI=1S/C34H37F2N7O3/c1-42-28-15-22(26(36)14-23(28)31(41-42)43-11-6-29(44)40-33(43)46)18-2-4-20(25(35)12-18)30-24(16-34(30)7-9-37-10-8-34)19-3-5-21-27(13-19)38-17-39-32(21)45/h3,5,13-15,17-18,20,24-25,30,37H,2,4,6-12,16H2,1H3,(H,38,39,45)(H,40,44,46). The number of piperidine rings is 1. The number of imide groups is 1. The Bertz CT molecular complexity index is 1930. The second-order valence-corrected chi connectivity index (χ2v) is 13.7. The molecule has 10 nitrogen and oxygen atoms in total. The number of nitrogens with zero attached hydrogens (tertiary/aromatic N) is 4. The smallest absolute Gasteiger partial charge is 0.317 e. The number of carbonyl (C=O) groups is 2. The summed E-state index contributed by atoms with van der Waals surface area (Å²) in [5.41, 5.74) is 2.82. The fourth-order valence-electron chi connectivity index (χ4n) is 9.20. The minimum Gasteiger partial charge on any atom is -0.317 e. The maximum Gasteiger partial charge on any atom is 0.329 e. The average Bonchev–Trinajstić information content (AvgIpc) is 3.35. The van der Waals surface area contributed by atoms with Crippen molar-refractivity contribution in [2.24, 2.45) is 24.3 Å². The van der Waals surface area contributed by atoms with Gasteiger partial charge in [-0.2, -0.15) is 5.10 Å². The van der Waals surface area contributed by atoms with Crippen molar-refractivity contribution in [2.45, 2.75) is 63.0 Å². The highest BCUT2D eigenvalue weighted by molar-refractivity contribution is 6.08. The number of carbonyl (C=O) groups excluding carboxylic acids is 2. The molecule has 0 radical (unpaired) electrons. The monoisotopic (exact) mass is 629 g/mol. The number of nitrogens with one attached hydrogen (secondary N) is 3. The van der Waals surface area contributed by atoms with Gasteiger partial charge < -0.3 is 10.3 Å². The van der Waals surface area contributed by atoms with Crippen molar-refractivity contribution in [3.63, 3.8) is 0 Å². The Morgan fingerprint density at radius 3 is 2.65 bits per heavy atom. The van der Waals surface area contributed by atoms with Gasteiger partial charge in [0.05, 0.1) is 22.7 Å². The molecule has 0 bridgehead atoms. The summed E-state index contributed by atoms with van der Waals surface area (Å²) in [6.45, 7) is 2.02. The fraction of sp³-hybridized carbons (Fsp3) is 0.500. The molecule has 46 heavy (non-hydrogen) atoms. The fourth-order valence-corrected chi connectivity index (χ4v) is 9.20. The Morgan fingerprint density at radius 2 is 1.87 bits per heavy atom. The molecule has 12 heteroatoms. The first-order chi connectivity index (χ1) is 22.2. The highest BCUT2D eigenvalue weighted by Gasteiger charge is 2.58. The Morgan fingerprint density at radius 1 is 1.04 bits per heavy atom. The number of rotatable bonds is 4. The maximum absolute atomic E-state index is 16.5. The quantitative estimate of drug-likeness (QED) is 0.298. The van der Waals surface area contributed by atoms with Crippen LogP contribution in [0.1, 0.15) is 67.9 Å². The second-order valence-electron chi connectivity index (χ2n) is 13.7. The minimum atomic E-state index is -1.08. The van der Waals surface area contributed by atoms with Gasteiger partial charge in [-0.25, -0.2) is 18.6 Å². The number of amides is 3. The lowest BCUT2D eigenvalue weighted by Crippen LogP contribution is -2.56. The molecule has 5 unspecified atom stereocenters. The van der Waals surface area contributed by atoms with Gasteiger partial charge in [0.15, 0.2) is 5.82 Å². The summed E-state index contributed by atoms with van der Waals surface area (Å²) in [5, 5.41) is 11.3. The summed E-state index contributed by atoms with van der Waals surface area (Å²) in [6, 6.07) is 8.45. The molecule has 4 heterocycles. The molecule has 240 valence electrons. The Labute approximate surface area is 263 Å². The minimum absolute atomic E-state index is 0.0783. The van der Waals surface area contributed by atoms with Crippen LogP contribution in [0.3, 0.4) is 0 Å². The number of fused-ring (bicyclic) bond motifs is 2. The van der Waals surface area contributed by atoms with E-state index in [-0.39, 0.29) is 59.9 Å². The van der Waals surface area contributed by atoms with E-state index in [1.807, 2.05) is 18.2 Å². The normalized spacial score (nSPS) is 28.1. The van der Waals surface area contributed by atoms with E-state index in [0.717, 1.165) is 37.9 Å². The number of hydrogen-bond donors (Lipinski definition) is 3. The first-order valence-corrected chi connectivity index (χ1v) is 16.3. The first-order valence-electron chi connectivity index (χ1n) is 16.3. The van der Waals surface area contributed by atoms with Gasteiger partial charge in [-0.05, 0) is 116 Å². The van der Waals surface area contributed by atoms with Crippen molar-refractivity contribution in [1.82, 2.24) is 30.4 Å². The van der Waals surface area contributed by atoms with Gasteiger partial charge in [0, 0.05) is 25.4 Å². The topological polar surface area (TPSA) is 125 Å². The van der Waals surface area contributed by atoms with Crippen LogP contribution >= 0.6 is 0 Å². The van der Waals surface area contributed by atoms with Crippen LogP contribution in [0.25, 0.3) is 21.8 Å². The van der Waals surface area contributed by atoms with Gasteiger partial charge in [0.1, 0.15) is 12.0 Å². The van der Waals surface area contributed by atoms with Gasteiger partial charge in [0.2, 0.25) is 5.91 Å². The van der Waals surface area contributed by atoms with E-state index in [1.165, 1.54) is 17.3 Å². The number of hydrogen-bond acceptors (Lipinski definition) is 6. The van der Waals surface area contributed by atoms with Gasteiger partial charge in [0.25, 0.3) is 5.56 Å². The molecular weight excluding hydrogens is 592 g/mol. The van der Waals surface area contributed by atoms with E-state index in [0.29, 0.717) is 46.0 Å². The zero-order valence-electron chi connectivity index (χ0n) is 25.7. The molecule has 3 N–H and O–H groups in total. The molecule has 2 aromatic heterocycles. The number of anilines is 1. The van der Waals surface area contributed by atoms with Crippen molar-refractivity contribution in [1.29, 1.82) is 0 Å². The van der Waals surface area contributed by atoms with Gasteiger partial charge in [-0.1, -0.05) is 6.07 Å². The van der Waals surface area contributed by atoms with E-state index < -0.39 is 18.0 Å². The van der Waals surface area contributed by atoms with Crippen molar-refractivity contribution in [2.75, 3.05) is 24.5 Å². The van der Waals surface area contributed by atoms with Crippen LogP contribution in [0.4, 0.5) is 19.4 Å². The molecule has 4 aliphatic rings. The third kappa shape index (κ3) is 4.63. The predicted octanol–water partition coefficient (Wildman–Crippen LogP) is 4.79. The van der Waals surface area contributed by atoms with E-state index >= 15 is 8.78 Å². The molecule has 5 atom stereocenters. The summed E-state index contributed by atoms with van der Waals surface area (Å²) in [5.74, 6) is -0.532. The molecule has 2 aliphatic carbocycles. The van der Waals surface area contributed by atoms with E-state index in [1.54, 1.807) is 17.8 Å². The Hall–Kier alpha value is -4.19. The summed E-state index contributed by atoms with van der Waals surface area (Å²) < 4.78 is 34.0. The lowest BCUT2D eigenvalue weighted by Gasteiger charge is -2.61. The van der Waals surface area contributed by atoms with E-state index in [4.69, 9.17) is 0 Å². The highest BCUT2D eigenvalue weighted by atomic mass is 19.1. The van der Waals surface area contributed by atoms with Crippen molar-refractivity contribution < 1.29 is 18.4 Å². The third-order valence-corrected chi connectivity index (χ3v) is 11.4. The molecule has 2 saturated heterocycles. The number of aryl methyl sites for hydroxylation is 1. The van der Waals surface area contributed by atoms with Gasteiger partial charge in [-0.15, -0.1) is 0 Å². The lowest BCUT2D eigenvalue weighted by molar-refractivity contribution is -0.120. The second kappa shape index (κ2) is 11.0. The van der Waals surface area contributed by atoms with E-state index in [9.17, 15) is 14.4 Å². The van der Waals surface area contributed by atoms with Crippen LogP contribution < -0.4 is 21.1 Å². The lowest BCUT2D eigenvalue weighted by atomic mass is 9.44. The van der Waals surface area contributed by atoms with Crippen LogP contribution in [0.2, 0.25) is 0 Å². The Kier molecular flexibility index (Phi) is 6.97. The zero-order chi connectivity index (χ0) is 31.7. The van der Waals surface area contributed by atoms with Crippen molar-refractivity contribution in [3.05, 3.63) is 64.0 Å². The summed E-state index contributed by atoms with van der Waals surface area (Å²) >= 11 is 0. The predicted molar refractivity (Wildman–Crippen MR) is 169 cm³/mol. The molecule has 1 spiro atoms. The largest absolute Gasteiger partial charge is 0.329 e. The average molecular weight is 630 g/mol.